The van der Waals surface area contributed by atoms with Crippen LogP contribution in [0.15, 0.2) is 30.3 Å². The van der Waals surface area contributed by atoms with Gasteiger partial charge in [-0.25, -0.2) is 0 Å². The van der Waals surface area contributed by atoms with E-state index in [1.54, 1.807) is 0 Å². The van der Waals surface area contributed by atoms with E-state index in [1.165, 1.54) is 5.56 Å². The summed E-state index contributed by atoms with van der Waals surface area (Å²) in [5.74, 6) is -0.0759. The van der Waals surface area contributed by atoms with Gasteiger partial charge < -0.3 is 9.47 Å². The molecule has 1 aromatic carbocycles. The van der Waals surface area contributed by atoms with Crippen molar-refractivity contribution in [3.8, 4) is 0 Å². The summed E-state index contributed by atoms with van der Waals surface area (Å²) in [6.45, 7) is 1.27. The van der Waals surface area contributed by atoms with Gasteiger partial charge in [0.05, 0.1) is 13.2 Å². The molecule has 1 aromatic rings. The summed E-state index contributed by atoms with van der Waals surface area (Å²) >= 11 is 0. The van der Waals surface area contributed by atoms with Crippen molar-refractivity contribution >= 4 is 5.97 Å². The quantitative estimate of drug-likeness (QED) is 0.564. The molecule has 3 heteroatoms. The van der Waals surface area contributed by atoms with Crippen LogP contribution < -0.4 is 0 Å². The standard InChI is InChI=1S/C13H16O3/c14-13-7-6-12(16-13)8-9-15-10-11-4-2-1-3-5-11/h1-5,12H,6-10H2/t12-/m0/s1. The highest BCUT2D eigenvalue weighted by molar-refractivity contribution is 5.71. The maximum atomic E-state index is 10.8. The molecule has 1 aliphatic heterocycles. The zero-order valence-electron chi connectivity index (χ0n) is 9.22. The number of rotatable bonds is 5. The maximum Gasteiger partial charge on any atom is 0.306 e. The number of ether oxygens (including phenoxy) is 2. The molecule has 1 aliphatic rings. The van der Waals surface area contributed by atoms with Crippen molar-refractivity contribution in [1.29, 1.82) is 0 Å². The molecule has 1 atom stereocenters. The fourth-order valence-electron chi connectivity index (χ4n) is 1.76. The van der Waals surface area contributed by atoms with Crippen LogP contribution >= 0.6 is 0 Å². The molecule has 0 spiro atoms. The van der Waals surface area contributed by atoms with E-state index in [1.807, 2.05) is 30.3 Å². The molecule has 1 heterocycles. The van der Waals surface area contributed by atoms with Gasteiger partial charge >= 0.3 is 5.97 Å². The molecule has 0 saturated carbocycles. The Morgan fingerprint density at radius 3 is 2.81 bits per heavy atom. The van der Waals surface area contributed by atoms with Crippen LogP contribution in [-0.4, -0.2) is 18.7 Å². The number of carbonyl (C=O) groups is 1. The van der Waals surface area contributed by atoms with Gasteiger partial charge in [0.1, 0.15) is 6.10 Å². The van der Waals surface area contributed by atoms with E-state index in [0.717, 1.165) is 12.8 Å². The van der Waals surface area contributed by atoms with Crippen LogP contribution in [0.1, 0.15) is 24.8 Å². The Labute approximate surface area is 95.4 Å². The Kier molecular flexibility index (Phi) is 3.94. The van der Waals surface area contributed by atoms with Gasteiger partial charge in [0.2, 0.25) is 0 Å². The van der Waals surface area contributed by atoms with Crippen molar-refractivity contribution in [1.82, 2.24) is 0 Å². The lowest BCUT2D eigenvalue weighted by molar-refractivity contribution is -0.141. The first-order valence-corrected chi connectivity index (χ1v) is 5.66. The fraction of sp³-hybridized carbons (Fsp3) is 0.462. The van der Waals surface area contributed by atoms with E-state index in [-0.39, 0.29) is 12.1 Å². The van der Waals surface area contributed by atoms with E-state index >= 15 is 0 Å². The van der Waals surface area contributed by atoms with Gasteiger partial charge in [0.15, 0.2) is 0 Å². The Hall–Kier alpha value is -1.35. The summed E-state index contributed by atoms with van der Waals surface area (Å²) in [6, 6.07) is 10.1. The third kappa shape index (κ3) is 3.35. The average Bonchev–Trinajstić information content (AvgIpc) is 2.72. The smallest absolute Gasteiger partial charge is 0.306 e. The van der Waals surface area contributed by atoms with E-state index < -0.39 is 0 Å². The number of esters is 1. The van der Waals surface area contributed by atoms with Crippen LogP contribution in [0.25, 0.3) is 0 Å². The third-order valence-electron chi connectivity index (χ3n) is 2.66. The van der Waals surface area contributed by atoms with Crippen LogP contribution in [0.4, 0.5) is 0 Å². The van der Waals surface area contributed by atoms with Gasteiger partial charge in [-0.05, 0) is 12.0 Å². The van der Waals surface area contributed by atoms with Crippen LogP contribution in [0, 0.1) is 0 Å². The monoisotopic (exact) mass is 220 g/mol. The minimum Gasteiger partial charge on any atom is -0.462 e. The normalized spacial score (nSPS) is 19.8. The first-order valence-electron chi connectivity index (χ1n) is 5.66. The van der Waals surface area contributed by atoms with Crippen LogP contribution in [-0.2, 0) is 20.9 Å². The molecule has 0 bridgehead atoms. The molecule has 0 N–H and O–H groups in total. The zero-order valence-corrected chi connectivity index (χ0v) is 9.22. The van der Waals surface area contributed by atoms with Gasteiger partial charge in [-0.3, -0.25) is 4.79 Å². The van der Waals surface area contributed by atoms with Crippen molar-refractivity contribution in [2.45, 2.75) is 32.0 Å². The Bertz CT molecular complexity index is 334. The first kappa shape index (κ1) is 11.1. The van der Waals surface area contributed by atoms with Gasteiger partial charge in [-0.2, -0.15) is 0 Å². The number of hydrogen-bond donors (Lipinski definition) is 0. The highest BCUT2D eigenvalue weighted by atomic mass is 16.6. The average molecular weight is 220 g/mol. The summed E-state index contributed by atoms with van der Waals surface area (Å²) in [6.07, 6.45) is 2.28. The molecule has 1 saturated heterocycles. The molecule has 0 aliphatic carbocycles. The molecule has 3 nitrogen and oxygen atoms in total. The van der Waals surface area contributed by atoms with Crippen molar-refractivity contribution in [2.75, 3.05) is 6.61 Å². The first-order chi connectivity index (χ1) is 7.84. The third-order valence-corrected chi connectivity index (χ3v) is 2.66. The van der Waals surface area contributed by atoms with Gasteiger partial charge in [-0.1, -0.05) is 30.3 Å². The van der Waals surface area contributed by atoms with E-state index in [9.17, 15) is 4.79 Å². The molecule has 0 amide bonds. The van der Waals surface area contributed by atoms with Crippen molar-refractivity contribution in [2.24, 2.45) is 0 Å². The van der Waals surface area contributed by atoms with Crippen LogP contribution in [0.3, 0.4) is 0 Å². The van der Waals surface area contributed by atoms with Gasteiger partial charge in [0, 0.05) is 12.8 Å². The lowest BCUT2D eigenvalue weighted by Gasteiger charge is -2.09. The summed E-state index contributed by atoms with van der Waals surface area (Å²) in [7, 11) is 0. The molecule has 0 unspecified atom stereocenters. The Balaban J connectivity index is 1.60. The molecule has 16 heavy (non-hydrogen) atoms. The second kappa shape index (κ2) is 5.66. The molecule has 2 rings (SSSR count). The highest BCUT2D eigenvalue weighted by Crippen LogP contribution is 2.16. The molecule has 1 fully saturated rings. The zero-order chi connectivity index (χ0) is 11.2. The summed E-state index contributed by atoms with van der Waals surface area (Å²) in [5.41, 5.74) is 1.17. The van der Waals surface area contributed by atoms with E-state index in [0.29, 0.717) is 19.6 Å². The number of benzene rings is 1. The van der Waals surface area contributed by atoms with E-state index in [4.69, 9.17) is 9.47 Å². The molecular weight excluding hydrogens is 204 g/mol. The SMILES string of the molecule is O=C1CC[C@@H](CCOCc2ccccc2)O1. The van der Waals surface area contributed by atoms with Crippen LogP contribution in [0.2, 0.25) is 0 Å². The molecule has 86 valence electrons. The largest absolute Gasteiger partial charge is 0.462 e. The predicted molar refractivity (Wildman–Crippen MR) is 59.8 cm³/mol. The summed E-state index contributed by atoms with van der Waals surface area (Å²) in [4.78, 5) is 10.8. The Morgan fingerprint density at radius 2 is 2.12 bits per heavy atom. The second-order valence-corrected chi connectivity index (χ2v) is 3.98. The van der Waals surface area contributed by atoms with Gasteiger partial charge in [-0.15, -0.1) is 0 Å². The second-order valence-electron chi connectivity index (χ2n) is 3.98. The molecular formula is C13H16O3. The minimum atomic E-state index is -0.0759. The van der Waals surface area contributed by atoms with E-state index in [2.05, 4.69) is 0 Å². The van der Waals surface area contributed by atoms with Crippen molar-refractivity contribution in [3.63, 3.8) is 0 Å². The number of hydrogen-bond acceptors (Lipinski definition) is 3. The van der Waals surface area contributed by atoms with Crippen molar-refractivity contribution < 1.29 is 14.3 Å². The number of cyclic esters (lactones) is 1. The predicted octanol–water partition coefficient (Wildman–Crippen LogP) is 2.30. The molecule has 0 radical (unpaired) electrons. The Morgan fingerprint density at radius 1 is 1.31 bits per heavy atom. The highest BCUT2D eigenvalue weighted by Gasteiger charge is 2.22. The van der Waals surface area contributed by atoms with Crippen molar-refractivity contribution in [3.05, 3.63) is 35.9 Å². The topological polar surface area (TPSA) is 35.5 Å². The molecule has 0 aromatic heterocycles. The summed E-state index contributed by atoms with van der Waals surface area (Å²) in [5, 5.41) is 0. The lowest BCUT2D eigenvalue weighted by atomic mass is 10.2. The summed E-state index contributed by atoms with van der Waals surface area (Å²) < 4.78 is 10.6. The van der Waals surface area contributed by atoms with Crippen LogP contribution in [0.5, 0.6) is 0 Å². The fourth-order valence-corrected chi connectivity index (χ4v) is 1.76. The number of carbonyl (C=O) groups excluding carboxylic acids is 1. The maximum absolute atomic E-state index is 10.8. The minimum absolute atomic E-state index is 0.0725. The van der Waals surface area contributed by atoms with Gasteiger partial charge in [0.25, 0.3) is 0 Å². The lowest BCUT2D eigenvalue weighted by Crippen LogP contribution is -2.10.